The molecule has 2 atom stereocenters. The van der Waals surface area contributed by atoms with Crippen LogP contribution in [0.25, 0.3) is 0 Å². The fourth-order valence-electron chi connectivity index (χ4n) is 7.58. The molecule has 4 heteroatoms. The van der Waals surface area contributed by atoms with Gasteiger partial charge in [-0.3, -0.25) is 12.2 Å². The van der Waals surface area contributed by atoms with E-state index in [1.54, 1.807) is 33.4 Å². The van der Waals surface area contributed by atoms with Crippen molar-refractivity contribution in [2.75, 3.05) is 0 Å². The summed E-state index contributed by atoms with van der Waals surface area (Å²) in [7, 11) is 0. The molecule has 0 nitrogen and oxygen atoms in total. The van der Waals surface area contributed by atoms with Crippen LogP contribution in [-0.4, -0.2) is 0 Å². The van der Waals surface area contributed by atoms with Crippen LogP contribution in [0, 0.1) is 34.8 Å². The van der Waals surface area contributed by atoms with Gasteiger partial charge in [0.2, 0.25) is 0 Å². The van der Waals surface area contributed by atoms with Crippen molar-refractivity contribution in [3.05, 3.63) is 91.2 Å². The number of allylic oxidation sites excluding steroid dienone is 16. The van der Waals surface area contributed by atoms with E-state index in [0.717, 1.165) is 11.8 Å². The summed E-state index contributed by atoms with van der Waals surface area (Å²) in [6, 6.07) is 0. The summed E-state index contributed by atoms with van der Waals surface area (Å²) in [5.74, 6) is 1.52. The van der Waals surface area contributed by atoms with Crippen LogP contribution in [0.15, 0.2) is 79.0 Å². The van der Waals surface area contributed by atoms with Gasteiger partial charge in [-0.05, 0) is 100 Å². The topological polar surface area (TPSA) is 0 Å². The Morgan fingerprint density at radius 3 is 0.926 bits per heavy atom. The Kier molecular flexibility index (Phi) is 33.3. The third kappa shape index (κ3) is 18.5. The van der Waals surface area contributed by atoms with Crippen molar-refractivity contribution in [1.29, 1.82) is 0 Å². The zero-order valence-electron chi connectivity index (χ0n) is 38.6. The molecule has 0 aromatic carbocycles. The van der Waals surface area contributed by atoms with Crippen LogP contribution in [0.5, 0.6) is 0 Å². The molecule has 0 aromatic heterocycles. The number of unbranched alkanes of at least 4 members (excludes halogenated alkanes) is 4. The van der Waals surface area contributed by atoms with Crippen LogP contribution in [-0.2, 0) is 52.4 Å². The monoisotopic (exact) mass is 932 g/mol. The van der Waals surface area contributed by atoms with E-state index in [1.807, 2.05) is 0 Å². The molecule has 0 saturated heterocycles. The predicted molar refractivity (Wildman–Crippen MR) is 227 cm³/mol. The minimum atomic E-state index is 0. The Bertz CT molecular complexity index is 1280. The standard InChI is InChI=1S/2C15H26.2C10H15.2ClH.2Zr/c2*1-5-7-9-14-11-15(10-8-6-2)13(4)12(14)3;2*1-7-6-10(4,5)9(3)8(7)2;;;;/h2*11,14H,5-10H2,1-4H3;2*1-5H3;2*1H;;/q;;2*-1;;;;/p-2. The molecular weight excluding hydrogens is 854 g/mol. The van der Waals surface area contributed by atoms with E-state index in [-0.39, 0.29) is 88.1 Å². The van der Waals surface area contributed by atoms with Gasteiger partial charge in [-0.1, -0.05) is 156 Å². The van der Waals surface area contributed by atoms with Crippen molar-refractivity contribution in [2.24, 2.45) is 22.7 Å². The summed E-state index contributed by atoms with van der Waals surface area (Å²) in [6.07, 6.45) is 27.9. The molecule has 0 fully saturated rings. The largest absolute Gasteiger partial charge is 1.00 e. The molecular formula is C50H82Cl2Zr2-4. The average Bonchev–Trinajstić information content (AvgIpc) is 3.63. The van der Waals surface area contributed by atoms with E-state index >= 15 is 0 Å². The molecule has 0 radical (unpaired) electrons. The summed E-state index contributed by atoms with van der Waals surface area (Å²) >= 11 is 0. The molecule has 0 heterocycles. The molecule has 2 unspecified atom stereocenters. The van der Waals surface area contributed by atoms with Gasteiger partial charge in [0.25, 0.3) is 0 Å². The summed E-state index contributed by atoms with van der Waals surface area (Å²) < 4.78 is 0. The summed E-state index contributed by atoms with van der Waals surface area (Å²) in [4.78, 5) is 0. The van der Waals surface area contributed by atoms with Crippen molar-refractivity contribution in [1.82, 2.24) is 0 Å². The molecule has 4 aliphatic rings. The van der Waals surface area contributed by atoms with E-state index in [0.29, 0.717) is 0 Å². The van der Waals surface area contributed by atoms with Crippen LogP contribution in [0.1, 0.15) is 202 Å². The van der Waals surface area contributed by atoms with Gasteiger partial charge in [0, 0.05) is 52.4 Å². The smallest absolute Gasteiger partial charge is 0 e. The summed E-state index contributed by atoms with van der Waals surface area (Å²) in [5.41, 5.74) is 18.5. The first-order chi connectivity index (χ1) is 23.3. The molecule has 4 rings (SSSR count). The predicted octanol–water partition coefficient (Wildman–Crippen LogP) is 10.7. The first-order valence-electron chi connectivity index (χ1n) is 20.7. The first-order valence-corrected chi connectivity index (χ1v) is 20.7. The fraction of sp³-hybridized carbons (Fsp3) is 0.680. The van der Waals surface area contributed by atoms with Crippen molar-refractivity contribution >= 4 is 0 Å². The molecule has 0 aromatic rings. The van der Waals surface area contributed by atoms with Crippen molar-refractivity contribution in [2.45, 2.75) is 202 Å². The molecule has 0 amide bonds. The van der Waals surface area contributed by atoms with Crippen LogP contribution in [0.2, 0.25) is 0 Å². The van der Waals surface area contributed by atoms with Crippen LogP contribution in [0.3, 0.4) is 0 Å². The van der Waals surface area contributed by atoms with E-state index in [9.17, 15) is 0 Å². The van der Waals surface area contributed by atoms with Gasteiger partial charge >= 0.3 is 0 Å². The van der Waals surface area contributed by atoms with Gasteiger partial charge < -0.3 is 24.8 Å². The van der Waals surface area contributed by atoms with Crippen molar-refractivity contribution in [3.8, 4) is 0 Å². The van der Waals surface area contributed by atoms with Gasteiger partial charge in [0.15, 0.2) is 0 Å². The van der Waals surface area contributed by atoms with Crippen molar-refractivity contribution in [3.63, 3.8) is 0 Å². The molecule has 4 aliphatic carbocycles. The van der Waals surface area contributed by atoms with Crippen LogP contribution in [0.4, 0.5) is 0 Å². The second kappa shape index (κ2) is 29.5. The SMILES string of the molecule is CC1=[C-]C(C)(C)C(C)=C1C.CC1=[C-]C(C)(C)C(C)=C1C.CCCCC1=CC(CCCC)C(C)=C1C.CCCCC1=CC(CCCC)C(C)=C1C.[Cl-].[Cl-].[Zr].[Zr]. The van der Waals surface area contributed by atoms with E-state index < -0.39 is 0 Å². The van der Waals surface area contributed by atoms with E-state index in [4.69, 9.17) is 0 Å². The third-order valence-corrected chi connectivity index (χ3v) is 12.5. The Hall–Kier alpha value is 0.266. The maximum Gasteiger partial charge on any atom is 0 e. The number of hydrogen-bond donors (Lipinski definition) is 0. The Morgan fingerprint density at radius 2 is 0.741 bits per heavy atom. The Balaban J connectivity index is -0.000000306. The average molecular weight is 937 g/mol. The molecule has 54 heavy (non-hydrogen) atoms. The maximum absolute atomic E-state index is 3.44. The van der Waals surface area contributed by atoms with Gasteiger partial charge in [-0.15, -0.1) is 13.8 Å². The van der Waals surface area contributed by atoms with Crippen LogP contribution >= 0.6 is 0 Å². The maximum atomic E-state index is 3.44. The third-order valence-electron chi connectivity index (χ3n) is 12.5. The number of hydrogen-bond acceptors (Lipinski definition) is 0. The zero-order chi connectivity index (χ0) is 38.4. The first kappa shape index (κ1) is 60.9. The minimum absolute atomic E-state index is 0. The number of rotatable bonds is 12. The van der Waals surface area contributed by atoms with Gasteiger partial charge in [0.1, 0.15) is 0 Å². The van der Waals surface area contributed by atoms with Gasteiger partial charge in [0.05, 0.1) is 0 Å². The van der Waals surface area contributed by atoms with Gasteiger partial charge in [-0.2, -0.15) is 22.3 Å². The summed E-state index contributed by atoms with van der Waals surface area (Å²) in [6.45, 7) is 40.2. The molecule has 0 N–H and O–H groups in total. The van der Waals surface area contributed by atoms with Crippen molar-refractivity contribution < 1.29 is 77.2 Å². The Morgan fingerprint density at radius 1 is 0.463 bits per heavy atom. The molecule has 0 bridgehead atoms. The second-order valence-electron chi connectivity index (χ2n) is 17.0. The molecule has 0 aliphatic heterocycles. The molecule has 308 valence electrons. The molecule has 0 saturated carbocycles. The van der Waals surface area contributed by atoms with Crippen LogP contribution < -0.4 is 24.8 Å². The normalized spacial score (nSPS) is 20.4. The summed E-state index contributed by atoms with van der Waals surface area (Å²) in [5, 5.41) is 0. The Labute approximate surface area is 389 Å². The number of halogens is 2. The van der Waals surface area contributed by atoms with Gasteiger partial charge in [-0.25, -0.2) is 11.1 Å². The fourth-order valence-corrected chi connectivity index (χ4v) is 7.58. The molecule has 0 spiro atoms. The zero-order valence-corrected chi connectivity index (χ0v) is 45.0. The van der Waals surface area contributed by atoms with E-state index in [1.165, 1.54) is 110 Å². The second-order valence-corrected chi connectivity index (χ2v) is 17.0. The quantitative estimate of drug-likeness (QED) is 0.171. The van der Waals surface area contributed by atoms with E-state index in [2.05, 4.69) is 149 Å². The minimum Gasteiger partial charge on any atom is -1.00 e.